The number of para-hydroxylation sites is 2. The summed E-state index contributed by atoms with van der Waals surface area (Å²) in [5.74, 6) is 1.54. The van der Waals surface area contributed by atoms with Gasteiger partial charge in [0, 0.05) is 12.7 Å². The maximum absolute atomic E-state index is 5.73. The Morgan fingerprint density at radius 3 is 2.75 bits per heavy atom. The Balaban J connectivity index is 1.46. The number of amidine groups is 1. The van der Waals surface area contributed by atoms with Gasteiger partial charge in [-0.1, -0.05) is 30.3 Å². The molecule has 1 atom stereocenters. The summed E-state index contributed by atoms with van der Waals surface area (Å²) in [6.07, 6.45) is 5.28. The smallest absolute Gasteiger partial charge is 0.121 e. The highest BCUT2D eigenvalue weighted by Crippen LogP contribution is 2.34. The van der Waals surface area contributed by atoms with Crippen LogP contribution >= 0.6 is 0 Å². The van der Waals surface area contributed by atoms with Crippen LogP contribution in [-0.4, -0.2) is 25.7 Å². The zero-order valence-electron chi connectivity index (χ0n) is 18.3. The minimum Gasteiger partial charge on any atom is -0.387 e. The molecule has 1 aliphatic rings. The quantitative estimate of drug-likeness (QED) is 0.335. The molecule has 162 valence electrons. The zero-order chi connectivity index (χ0) is 21.9. The van der Waals surface area contributed by atoms with Gasteiger partial charge in [-0.25, -0.2) is 9.98 Å². The third kappa shape index (κ3) is 4.41. The number of pyridine rings is 1. The monoisotopic (exact) mass is 424 g/mol. The van der Waals surface area contributed by atoms with Crippen LogP contribution in [0.25, 0.3) is 11.0 Å². The van der Waals surface area contributed by atoms with Gasteiger partial charge in [0.1, 0.15) is 5.82 Å². The summed E-state index contributed by atoms with van der Waals surface area (Å²) in [4.78, 5) is 20.0. The maximum atomic E-state index is 5.73. The lowest BCUT2D eigenvalue weighted by Gasteiger charge is -2.34. The van der Waals surface area contributed by atoms with E-state index in [1.54, 1.807) is 6.92 Å². The van der Waals surface area contributed by atoms with Gasteiger partial charge in [-0.05, 0) is 67.6 Å². The predicted molar refractivity (Wildman–Crippen MR) is 129 cm³/mol. The summed E-state index contributed by atoms with van der Waals surface area (Å²) in [5.41, 5.74) is 12.5. The SMILES string of the molecule is CC(N)=Nc1ccc(CN(Cc2nc3ccccc3[nH]2)C2CCCc3cccnc32)cc1. The average Bonchev–Trinajstić information content (AvgIpc) is 3.22. The van der Waals surface area contributed by atoms with E-state index in [2.05, 4.69) is 45.2 Å². The maximum Gasteiger partial charge on any atom is 0.121 e. The summed E-state index contributed by atoms with van der Waals surface area (Å²) in [6, 6.07) is 21.0. The van der Waals surface area contributed by atoms with Crippen LogP contribution in [0.2, 0.25) is 0 Å². The first kappa shape index (κ1) is 20.4. The summed E-state index contributed by atoms with van der Waals surface area (Å²) < 4.78 is 0. The molecule has 4 aromatic rings. The third-order valence-corrected chi connectivity index (χ3v) is 6.02. The van der Waals surface area contributed by atoms with Crippen LogP contribution in [0.3, 0.4) is 0 Å². The summed E-state index contributed by atoms with van der Waals surface area (Å²) in [6.45, 7) is 3.34. The number of aromatic nitrogens is 3. The molecule has 0 amide bonds. The predicted octanol–water partition coefficient (Wildman–Crippen LogP) is 5.05. The molecule has 0 saturated carbocycles. The van der Waals surface area contributed by atoms with Crippen molar-refractivity contribution in [3.05, 3.63) is 89.5 Å². The number of aliphatic imine (C=N–C) groups is 1. The first-order chi connectivity index (χ1) is 15.7. The third-order valence-electron chi connectivity index (χ3n) is 6.02. The van der Waals surface area contributed by atoms with Crippen LogP contribution in [0.4, 0.5) is 5.69 Å². The molecule has 3 N–H and O–H groups in total. The first-order valence-corrected chi connectivity index (χ1v) is 11.2. The molecule has 32 heavy (non-hydrogen) atoms. The van der Waals surface area contributed by atoms with Crippen molar-refractivity contribution < 1.29 is 0 Å². The fourth-order valence-electron chi connectivity index (χ4n) is 4.60. The normalized spacial score (nSPS) is 16.4. The summed E-state index contributed by atoms with van der Waals surface area (Å²) in [7, 11) is 0. The number of aromatic amines is 1. The lowest BCUT2D eigenvalue weighted by atomic mass is 9.90. The second-order valence-corrected chi connectivity index (χ2v) is 8.48. The lowest BCUT2D eigenvalue weighted by Crippen LogP contribution is -2.31. The van der Waals surface area contributed by atoms with Crippen LogP contribution < -0.4 is 5.73 Å². The fraction of sp³-hybridized carbons (Fsp3) is 0.269. The van der Waals surface area contributed by atoms with Gasteiger partial charge in [-0.2, -0.15) is 0 Å². The average molecular weight is 425 g/mol. The number of fused-ring (bicyclic) bond motifs is 2. The molecule has 2 heterocycles. The van der Waals surface area contributed by atoms with E-state index in [1.165, 1.54) is 23.2 Å². The van der Waals surface area contributed by atoms with Crippen molar-refractivity contribution in [3.63, 3.8) is 0 Å². The van der Waals surface area contributed by atoms with E-state index in [0.717, 1.165) is 48.5 Å². The number of benzene rings is 2. The molecular formula is C26H28N6. The van der Waals surface area contributed by atoms with Crippen molar-refractivity contribution in [2.24, 2.45) is 10.7 Å². The number of rotatable bonds is 6. The molecule has 6 heteroatoms. The molecule has 0 fully saturated rings. The zero-order valence-corrected chi connectivity index (χ0v) is 18.3. The minimum absolute atomic E-state index is 0.261. The van der Waals surface area contributed by atoms with Crippen LogP contribution in [-0.2, 0) is 19.5 Å². The molecule has 5 rings (SSSR count). The van der Waals surface area contributed by atoms with Gasteiger partial charge in [-0.3, -0.25) is 9.88 Å². The van der Waals surface area contributed by atoms with E-state index in [-0.39, 0.29) is 6.04 Å². The van der Waals surface area contributed by atoms with Crippen LogP contribution in [0.15, 0.2) is 71.9 Å². The van der Waals surface area contributed by atoms with E-state index in [0.29, 0.717) is 5.84 Å². The Morgan fingerprint density at radius 1 is 1.09 bits per heavy atom. The van der Waals surface area contributed by atoms with Gasteiger partial charge in [0.2, 0.25) is 0 Å². The number of imidazole rings is 1. The second kappa shape index (κ2) is 8.93. The molecule has 0 bridgehead atoms. The number of H-pyrrole nitrogens is 1. The van der Waals surface area contributed by atoms with Crippen molar-refractivity contribution in [1.82, 2.24) is 19.9 Å². The van der Waals surface area contributed by atoms with Crippen molar-refractivity contribution in [3.8, 4) is 0 Å². The Kier molecular flexibility index (Phi) is 5.69. The number of hydrogen-bond acceptors (Lipinski definition) is 4. The Hall–Kier alpha value is -3.51. The Labute approximate surface area is 188 Å². The standard InChI is InChI=1S/C26H28N6/c1-18(27)29-21-13-11-19(12-14-21)16-32(17-25-30-22-8-2-3-9-23(22)31-25)24-10-4-6-20-7-5-15-28-26(20)24/h2-3,5,7-9,11-15,24H,4,6,10,16-17H2,1H3,(H2,27,29)(H,30,31). The van der Waals surface area contributed by atoms with Gasteiger partial charge >= 0.3 is 0 Å². The van der Waals surface area contributed by atoms with E-state index >= 15 is 0 Å². The lowest BCUT2D eigenvalue weighted by molar-refractivity contribution is 0.153. The number of nitrogens with one attached hydrogen (secondary N) is 1. The van der Waals surface area contributed by atoms with Gasteiger partial charge in [-0.15, -0.1) is 0 Å². The van der Waals surface area contributed by atoms with E-state index in [9.17, 15) is 0 Å². The molecule has 0 aliphatic heterocycles. The summed E-state index contributed by atoms with van der Waals surface area (Å²) in [5, 5.41) is 0. The number of nitrogens with two attached hydrogens (primary N) is 1. The van der Waals surface area contributed by atoms with Crippen molar-refractivity contribution in [1.29, 1.82) is 0 Å². The molecule has 2 aromatic carbocycles. The second-order valence-electron chi connectivity index (χ2n) is 8.48. The molecule has 2 aromatic heterocycles. The molecule has 0 saturated heterocycles. The molecule has 1 aliphatic carbocycles. The molecule has 0 radical (unpaired) electrons. The molecular weight excluding hydrogens is 396 g/mol. The fourth-order valence-corrected chi connectivity index (χ4v) is 4.60. The van der Waals surface area contributed by atoms with E-state index in [4.69, 9.17) is 15.7 Å². The number of aryl methyl sites for hydroxylation is 1. The Bertz CT molecular complexity index is 1200. The van der Waals surface area contributed by atoms with Crippen LogP contribution in [0.1, 0.15) is 48.5 Å². The number of hydrogen-bond donors (Lipinski definition) is 2. The minimum atomic E-state index is 0.261. The summed E-state index contributed by atoms with van der Waals surface area (Å²) >= 11 is 0. The highest BCUT2D eigenvalue weighted by atomic mass is 15.2. The molecule has 6 nitrogen and oxygen atoms in total. The van der Waals surface area contributed by atoms with Crippen molar-refractivity contribution >= 4 is 22.6 Å². The molecule has 1 unspecified atom stereocenters. The van der Waals surface area contributed by atoms with Crippen LogP contribution in [0, 0.1) is 0 Å². The first-order valence-electron chi connectivity index (χ1n) is 11.2. The molecule has 0 spiro atoms. The van der Waals surface area contributed by atoms with Gasteiger partial charge in [0.05, 0.1) is 40.8 Å². The van der Waals surface area contributed by atoms with Crippen molar-refractivity contribution in [2.75, 3.05) is 0 Å². The largest absolute Gasteiger partial charge is 0.387 e. The highest BCUT2D eigenvalue weighted by molar-refractivity contribution is 5.80. The number of nitrogens with zero attached hydrogens (tertiary/aromatic N) is 4. The van der Waals surface area contributed by atoms with E-state index in [1.807, 2.05) is 36.5 Å². The van der Waals surface area contributed by atoms with Gasteiger partial charge < -0.3 is 10.7 Å². The highest BCUT2D eigenvalue weighted by Gasteiger charge is 2.28. The van der Waals surface area contributed by atoms with Crippen molar-refractivity contribution in [2.45, 2.75) is 45.3 Å². The van der Waals surface area contributed by atoms with E-state index < -0.39 is 0 Å². The van der Waals surface area contributed by atoms with Gasteiger partial charge in [0.15, 0.2) is 0 Å². The van der Waals surface area contributed by atoms with Crippen LogP contribution in [0.5, 0.6) is 0 Å². The topological polar surface area (TPSA) is 83.2 Å². The Morgan fingerprint density at radius 2 is 1.94 bits per heavy atom. The van der Waals surface area contributed by atoms with Gasteiger partial charge in [0.25, 0.3) is 0 Å².